The number of rotatable bonds is 5. The molecule has 0 spiro atoms. The quantitative estimate of drug-likeness (QED) is 0.838. The van der Waals surface area contributed by atoms with Crippen molar-refractivity contribution in [3.63, 3.8) is 0 Å². The lowest BCUT2D eigenvalue weighted by Crippen LogP contribution is -2.52. The van der Waals surface area contributed by atoms with Gasteiger partial charge in [0.05, 0.1) is 0 Å². The highest BCUT2D eigenvalue weighted by atomic mass is 35.5. The molecule has 2 rings (SSSR count). The lowest BCUT2D eigenvalue weighted by Gasteiger charge is -2.35. The van der Waals surface area contributed by atoms with Gasteiger partial charge in [-0.25, -0.2) is 0 Å². The Morgan fingerprint density at radius 2 is 1.81 bits per heavy atom. The largest absolute Gasteiger partial charge is 0.481 e. The average molecular weight is 311 g/mol. The molecule has 0 saturated carbocycles. The molecule has 1 aliphatic heterocycles. The maximum absolute atomic E-state index is 12.6. The van der Waals surface area contributed by atoms with Crippen LogP contribution in [0.15, 0.2) is 24.3 Å². The van der Waals surface area contributed by atoms with Crippen LogP contribution in [0.2, 0.25) is 5.02 Å². The van der Waals surface area contributed by atoms with Crippen molar-refractivity contribution < 1.29 is 9.53 Å². The molecule has 1 atom stereocenters. The van der Waals surface area contributed by atoms with Crippen molar-refractivity contribution in [2.45, 2.75) is 26.4 Å². The van der Waals surface area contributed by atoms with Crippen molar-refractivity contribution in [2.75, 3.05) is 32.7 Å². The Bertz CT molecular complexity index is 456. The van der Waals surface area contributed by atoms with Gasteiger partial charge >= 0.3 is 0 Å². The van der Waals surface area contributed by atoms with Crippen molar-refractivity contribution in [2.24, 2.45) is 0 Å². The van der Waals surface area contributed by atoms with Crippen molar-refractivity contribution in [1.29, 1.82) is 0 Å². The van der Waals surface area contributed by atoms with E-state index in [4.69, 9.17) is 16.3 Å². The molecule has 1 aromatic rings. The number of hydrogen-bond acceptors (Lipinski definition) is 3. The fraction of sp³-hybridized carbons (Fsp3) is 0.562. The second-order valence-corrected chi connectivity index (χ2v) is 5.66. The first-order valence-electron chi connectivity index (χ1n) is 7.57. The van der Waals surface area contributed by atoms with E-state index in [-0.39, 0.29) is 5.91 Å². The molecule has 1 saturated heterocycles. The van der Waals surface area contributed by atoms with Gasteiger partial charge in [0.2, 0.25) is 0 Å². The zero-order valence-corrected chi connectivity index (χ0v) is 13.5. The molecular formula is C16H23ClN2O2. The smallest absolute Gasteiger partial charge is 0.263 e. The lowest BCUT2D eigenvalue weighted by atomic mass is 10.2. The number of piperazine rings is 1. The predicted octanol–water partition coefficient (Wildman–Crippen LogP) is 2.66. The number of benzene rings is 1. The van der Waals surface area contributed by atoms with Gasteiger partial charge in [0.1, 0.15) is 5.75 Å². The van der Waals surface area contributed by atoms with Crippen molar-refractivity contribution in [3.05, 3.63) is 29.3 Å². The maximum Gasteiger partial charge on any atom is 0.263 e. The van der Waals surface area contributed by atoms with Gasteiger partial charge in [-0.15, -0.1) is 0 Å². The first-order chi connectivity index (χ1) is 10.1. The Hall–Kier alpha value is -1.26. The summed E-state index contributed by atoms with van der Waals surface area (Å²) in [4.78, 5) is 16.8. The van der Waals surface area contributed by atoms with E-state index < -0.39 is 6.10 Å². The molecule has 1 amide bonds. The average Bonchev–Trinajstić information content (AvgIpc) is 2.54. The summed E-state index contributed by atoms with van der Waals surface area (Å²) in [5.74, 6) is 0.773. The minimum absolute atomic E-state index is 0.0863. The van der Waals surface area contributed by atoms with Crippen LogP contribution in [0.3, 0.4) is 0 Å². The molecule has 0 unspecified atom stereocenters. The van der Waals surface area contributed by atoms with Crippen LogP contribution < -0.4 is 4.74 Å². The molecule has 116 valence electrons. The highest BCUT2D eigenvalue weighted by Crippen LogP contribution is 2.18. The Balaban J connectivity index is 1.94. The zero-order valence-electron chi connectivity index (χ0n) is 12.7. The SMILES string of the molecule is CC[C@H](Oc1ccc(Cl)cc1)C(=O)N1CCN(CC)CC1. The topological polar surface area (TPSA) is 32.8 Å². The summed E-state index contributed by atoms with van der Waals surface area (Å²) in [5, 5.41) is 0.664. The van der Waals surface area contributed by atoms with E-state index in [0.29, 0.717) is 17.2 Å². The highest BCUT2D eigenvalue weighted by molar-refractivity contribution is 6.30. The number of carbonyl (C=O) groups is 1. The van der Waals surface area contributed by atoms with Crippen LogP contribution in [0.5, 0.6) is 5.75 Å². The third kappa shape index (κ3) is 4.35. The third-order valence-electron chi connectivity index (χ3n) is 3.87. The van der Waals surface area contributed by atoms with Crippen LogP contribution in [0.4, 0.5) is 0 Å². The molecule has 0 aromatic heterocycles. The predicted molar refractivity (Wildman–Crippen MR) is 84.9 cm³/mol. The van der Waals surface area contributed by atoms with E-state index in [1.807, 2.05) is 11.8 Å². The zero-order chi connectivity index (χ0) is 15.2. The summed E-state index contributed by atoms with van der Waals surface area (Å²) in [5.41, 5.74) is 0. The minimum atomic E-state index is -0.417. The van der Waals surface area contributed by atoms with Crippen LogP contribution in [0.25, 0.3) is 0 Å². The number of hydrogen-bond donors (Lipinski definition) is 0. The minimum Gasteiger partial charge on any atom is -0.481 e. The van der Waals surface area contributed by atoms with Crippen molar-refractivity contribution >= 4 is 17.5 Å². The van der Waals surface area contributed by atoms with E-state index in [1.165, 1.54) is 0 Å². The second kappa shape index (κ2) is 7.66. The number of ether oxygens (including phenoxy) is 1. The van der Waals surface area contributed by atoms with Gasteiger partial charge in [-0.3, -0.25) is 4.79 Å². The van der Waals surface area contributed by atoms with Gasteiger partial charge in [-0.05, 0) is 37.2 Å². The molecule has 1 aromatic carbocycles. The van der Waals surface area contributed by atoms with Crippen LogP contribution >= 0.6 is 11.6 Å². The first-order valence-corrected chi connectivity index (χ1v) is 7.95. The molecule has 0 bridgehead atoms. The van der Waals surface area contributed by atoms with Crippen LogP contribution in [0, 0.1) is 0 Å². The number of halogens is 1. The molecule has 0 radical (unpaired) electrons. The standard InChI is InChI=1S/C16H23ClN2O2/c1-3-15(21-14-7-5-13(17)6-8-14)16(20)19-11-9-18(4-2)10-12-19/h5-8,15H,3-4,9-12H2,1-2H3/t15-/m0/s1. The summed E-state index contributed by atoms with van der Waals surface area (Å²) >= 11 is 5.86. The molecular weight excluding hydrogens is 288 g/mol. The summed E-state index contributed by atoms with van der Waals surface area (Å²) in [7, 11) is 0. The summed E-state index contributed by atoms with van der Waals surface area (Å²) in [6, 6.07) is 7.14. The third-order valence-corrected chi connectivity index (χ3v) is 4.12. The normalized spacial score (nSPS) is 17.6. The summed E-state index contributed by atoms with van der Waals surface area (Å²) < 4.78 is 5.82. The molecule has 1 heterocycles. The fourth-order valence-electron chi connectivity index (χ4n) is 2.47. The second-order valence-electron chi connectivity index (χ2n) is 5.23. The highest BCUT2D eigenvalue weighted by Gasteiger charge is 2.27. The number of likely N-dealkylation sites (N-methyl/N-ethyl adjacent to an activating group) is 1. The summed E-state index contributed by atoms with van der Waals surface area (Å²) in [6.07, 6.45) is 0.245. The van der Waals surface area contributed by atoms with E-state index in [2.05, 4.69) is 11.8 Å². The van der Waals surface area contributed by atoms with Crippen molar-refractivity contribution in [1.82, 2.24) is 9.80 Å². The van der Waals surface area contributed by atoms with Gasteiger partial charge in [-0.1, -0.05) is 25.4 Å². The van der Waals surface area contributed by atoms with Crippen LogP contribution in [-0.4, -0.2) is 54.5 Å². The van der Waals surface area contributed by atoms with Crippen LogP contribution in [0.1, 0.15) is 20.3 Å². The Labute approximate surface area is 131 Å². The Morgan fingerprint density at radius 3 is 2.33 bits per heavy atom. The number of carbonyl (C=O) groups excluding carboxylic acids is 1. The Kier molecular flexibility index (Phi) is 5.88. The number of amides is 1. The Morgan fingerprint density at radius 1 is 1.19 bits per heavy atom. The molecule has 1 fully saturated rings. The molecule has 0 N–H and O–H groups in total. The summed E-state index contributed by atoms with van der Waals surface area (Å²) in [6.45, 7) is 8.62. The van der Waals surface area contributed by atoms with Crippen LogP contribution in [-0.2, 0) is 4.79 Å². The van der Waals surface area contributed by atoms with Gasteiger partial charge in [0.25, 0.3) is 5.91 Å². The number of nitrogens with zero attached hydrogens (tertiary/aromatic N) is 2. The fourth-order valence-corrected chi connectivity index (χ4v) is 2.60. The molecule has 21 heavy (non-hydrogen) atoms. The lowest BCUT2D eigenvalue weighted by molar-refractivity contribution is -0.140. The van der Waals surface area contributed by atoms with Gasteiger partial charge in [-0.2, -0.15) is 0 Å². The molecule has 5 heteroatoms. The van der Waals surface area contributed by atoms with Gasteiger partial charge in [0.15, 0.2) is 6.10 Å². The maximum atomic E-state index is 12.6. The van der Waals surface area contributed by atoms with Crippen molar-refractivity contribution in [3.8, 4) is 5.75 Å². The van der Waals surface area contributed by atoms with E-state index in [9.17, 15) is 4.79 Å². The van der Waals surface area contributed by atoms with Gasteiger partial charge < -0.3 is 14.5 Å². The van der Waals surface area contributed by atoms with E-state index in [0.717, 1.165) is 32.7 Å². The van der Waals surface area contributed by atoms with Gasteiger partial charge in [0, 0.05) is 31.2 Å². The monoisotopic (exact) mass is 310 g/mol. The first kappa shape index (κ1) is 16.1. The molecule has 1 aliphatic rings. The van der Waals surface area contributed by atoms with E-state index in [1.54, 1.807) is 24.3 Å². The molecule has 0 aliphatic carbocycles. The molecule has 4 nitrogen and oxygen atoms in total. The van der Waals surface area contributed by atoms with E-state index >= 15 is 0 Å².